The highest BCUT2D eigenvalue weighted by atomic mass is 16.5. The largest absolute Gasteiger partial charge is 0.481 e. The van der Waals surface area contributed by atoms with E-state index in [0.717, 1.165) is 11.0 Å². The number of ether oxygens (including phenoxy) is 1. The number of nitrogens with one attached hydrogen (secondary N) is 1. The quantitative estimate of drug-likeness (QED) is 0.557. The van der Waals surface area contributed by atoms with Gasteiger partial charge in [-0.15, -0.1) is 0 Å². The molecule has 0 unspecified atom stereocenters. The van der Waals surface area contributed by atoms with Crippen molar-refractivity contribution in [2.75, 3.05) is 0 Å². The molecule has 0 saturated carbocycles. The Bertz CT molecular complexity index is 1020. The molecule has 0 saturated heterocycles. The minimum atomic E-state index is -0.617. The fraction of sp³-hybridized carbons (Fsp3) is 0.143. The summed E-state index contributed by atoms with van der Waals surface area (Å²) in [5.41, 5.74) is 1.39. The molecule has 6 heteroatoms. The van der Waals surface area contributed by atoms with Gasteiger partial charge in [0, 0.05) is 11.5 Å². The normalized spacial score (nSPS) is 12.0. The highest BCUT2D eigenvalue weighted by Crippen LogP contribution is 2.28. The van der Waals surface area contributed by atoms with Crippen LogP contribution in [0.1, 0.15) is 12.6 Å². The summed E-state index contributed by atoms with van der Waals surface area (Å²) in [7, 11) is 0. The fourth-order valence-electron chi connectivity index (χ4n) is 2.69. The van der Waals surface area contributed by atoms with Crippen molar-refractivity contribution in [3.05, 3.63) is 72.4 Å². The molecule has 2 aromatic heterocycles. The number of fused-ring (bicyclic) bond motifs is 1. The first-order valence-corrected chi connectivity index (χ1v) is 8.63. The van der Waals surface area contributed by atoms with Crippen molar-refractivity contribution in [1.29, 1.82) is 0 Å². The summed E-state index contributed by atoms with van der Waals surface area (Å²) in [4.78, 5) is 12.2. The summed E-state index contributed by atoms with van der Waals surface area (Å²) in [6.07, 6.45) is -0.617. The van der Waals surface area contributed by atoms with Gasteiger partial charge in [0.25, 0.3) is 5.91 Å². The number of hydrogen-bond acceptors (Lipinski definition) is 5. The number of para-hydroxylation sites is 2. The minimum Gasteiger partial charge on any atom is -0.481 e. The van der Waals surface area contributed by atoms with Gasteiger partial charge >= 0.3 is 0 Å². The number of carbonyl (C=O) groups excluding carboxylic acids is 1. The predicted molar refractivity (Wildman–Crippen MR) is 100 cm³/mol. The molecular formula is C21H18N2O4. The van der Waals surface area contributed by atoms with E-state index in [2.05, 4.69) is 10.5 Å². The van der Waals surface area contributed by atoms with E-state index in [4.69, 9.17) is 13.7 Å². The van der Waals surface area contributed by atoms with Crippen LogP contribution in [0.15, 0.2) is 75.7 Å². The van der Waals surface area contributed by atoms with E-state index >= 15 is 0 Å². The third-order valence-corrected chi connectivity index (χ3v) is 4.10. The average Bonchev–Trinajstić information content (AvgIpc) is 3.33. The van der Waals surface area contributed by atoms with Crippen LogP contribution < -0.4 is 10.1 Å². The molecule has 27 heavy (non-hydrogen) atoms. The fourth-order valence-corrected chi connectivity index (χ4v) is 2.69. The zero-order valence-electron chi connectivity index (χ0n) is 14.7. The Kier molecular flexibility index (Phi) is 4.61. The zero-order chi connectivity index (χ0) is 18.6. The molecule has 1 N–H and O–H groups in total. The number of benzene rings is 2. The van der Waals surface area contributed by atoms with Gasteiger partial charge in [-0.05, 0) is 31.2 Å². The van der Waals surface area contributed by atoms with Gasteiger partial charge in [0.05, 0.1) is 6.54 Å². The van der Waals surface area contributed by atoms with E-state index in [-0.39, 0.29) is 12.5 Å². The number of furan rings is 1. The Morgan fingerprint density at radius 3 is 2.67 bits per heavy atom. The lowest BCUT2D eigenvalue weighted by Crippen LogP contribution is -2.35. The highest BCUT2D eigenvalue weighted by Gasteiger charge is 2.16. The first-order chi connectivity index (χ1) is 13.2. The Balaban J connectivity index is 1.37. The van der Waals surface area contributed by atoms with Crippen molar-refractivity contribution in [2.45, 2.75) is 19.6 Å². The molecule has 0 bridgehead atoms. The van der Waals surface area contributed by atoms with Crippen molar-refractivity contribution >= 4 is 16.9 Å². The maximum absolute atomic E-state index is 12.2. The number of rotatable bonds is 6. The monoisotopic (exact) mass is 362 g/mol. The molecule has 4 rings (SSSR count). The lowest BCUT2D eigenvalue weighted by molar-refractivity contribution is -0.127. The molecule has 2 heterocycles. The molecule has 136 valence electrons. The summed E-state index contributed by atoms with van der Waals surface area (Å²) < 4.78 is 16.7. The van der Waals surface area contributed by atoms with Crippen LogP contribution in [0.3, 0.4) is 0 Å². The van der Waals surface area contributed by atoms with Crippen LogP contribution in [0.5, 0.6) is 5.75 Å². The lowest BCUT2D eigenvalue weighted by Gasteiger charge is -2.13. The average molecular weight is 362 g/mol. The topological polar surface area (TPSA) is 77.5 Å². The minimum absolute atomic E-state index is 0.229. The van der Waals surface area contributed by atoms with Gasteiger partial charge in [-0.25, -0.2) is 0 Å². The van der Waals surface area contributed by atoms with Gasteiger partial charge in [0.15, 0.2) is 11.9 Å². The molecule has 6 nitrogen and oxygen atoms in total. The van der Waals surface area contributed by atoms with E-state index in [9.17, 15) is 4.79 Å². The Labute approximate surface area is 155 Å². The van der Waals surface area contributed by atoms with Crippen molar-refractivity contribution < 1.29 is 18.5 Å². The standard InChI is InChI=1S/C21H18N2O4/c1-14(25-17-8-3-2-4-9-17)21(24)22-13-16-12-20(27-23-16)19-11-15-7-5-6-10-18(15)26-19/h2-12,14H,13H2,1H3,(H,22,24)/t14-/m1/s1. The number of hydrogen-bond donors (Lipinski definition) is 1. The third-order valence-electron chi connectivity index (χ3n) is 4.10. The Hall–Kier alpha value is -3.54. The molecule has 4 aromatic rings. The second-order valence-electron chi connectivity index (χ2n) is 6.12. The molecule has 0 fully saturated rings. The summed E-state index contributed by atoms with van der Waals surface area (Å²) in [5.74, 6) is 1.53. The first kappa shape index (κ1) is 16.9. The van der Waals surface area contributed by atoms with Crippen molar-refractivity contribution in [2.24, 2.45) is 0 Å². The summed E-state index contributed by atoms with van der Waals surface area (Å²) in [6.45, 7) is 1.94. The Morgan fingerprint density at radius 1 is 1.07 bits per heavy atom. The van der Waals surface area contributed by atoms with Gasteiger partial charge in [0.2, 0.25) is 5.76 Å². The smallest absolute Gasteiger partial charge is 0.261 e. The van der Waals surface area contributed by atoms with Crippen LogP contribution in [0.2, 0.25) is 0 Å². The second-order valence-corrected chi connectivity index (χ2v) is 6.12. The maximum atomic E-state index is 12.2. The van der Waals surface area contributed by atoms with Crippen LogP contribution in [0.25, 0.3) is 22.5 Å². The molecule has 0 aliphatic carbocycles. The van der Waals surface area contributed by atoms with Crippen LogP contribution >= 0.6 is 0 Å². The van der Waals surface area contributed by atoms with Gasteiger partial charge < -0.3 is 19.0 Å². The SMILES string of the molecule is C[C@@H](Oc1ccccc1)C(=O)NCc1cc(-c2cc3ccccc3o2)on1. The summed E-state index contributed by atoms with van der Waals surface area (Å²) in [5, 5.41) is 7.77. The van der Waals surface area contributed by atoms with E-state index in [1.165, 1.54) is 0 Å². The molecular weight excluding hydrogens is 344 g/mol. The molecule has 1 atom stereocenters. The second kappa shape index (κ2) is 7.37. The van der Waals surface area contributed by atoms with Gasteiger partial charge in [-0.2, -0.15) is 0 Å². The number of aromatic nitrogens is 1. The van der Waals surface area contributed by atoms with Crippen LogP contribution in [0, 0.1) is 0 Å². The van der Waals surface area contributed by atoms with Gasteiger partial charge in [-0.1, -0.05) is 41.6 Å². The Morgan fingerprint density at radius 2 is 1.85 bits per heavy atom. The maximum Gasteiger partial charge on any atom is 0.261 e. The first-order valence-electron chi connectivity index (χ1n) is 8.63. The molecule has 2 aromatic carbocycles. The molecule has 1 amide bonds. The van der Waals surface area contributed by atoms with Gasteiger partial charge in [-0.3, -0.25) is 4.79 Å². The van der Waals surface area contributed by atoms with Crippen molar-refractivity contribution in [3.63, 3.8) is 0 Å². The summed E-state index contributed by atoms with van der Waals surface area (Å²) in [6, 6.07) is 20.6. The third kappa shape index (κ3) is 3.84. The predicted octanol–water partition coefficient (Wildman–Crippen LogP) is 4.17. The number of carbonyl (C=O) groups is 1. The molecule has 0 radical (unpaired) electrons. The van der Waals surface area contributed by atoms with Crippen molar-refractivity contribution in [3.8, 4) is 17.3 Å². The molecule has 0 aliphatic heterocycles. The van der Waals surface area contributed by atoms with Gasteiger partial charge in [0.1, 0.15) is 17.0 Å². The molecule has 0 spiro atoms. The number of amides is 1. The van der Waals surface area contributed by atoms with Crippen molar-refractivity contribution in [1.82, 2.24) is 10.5 Å². The zero-order valence-corrected chi connectivity index (χ0v) is 14.7. The van der Waals surface area contributed by atoms with Crippen LogP contribution in [-0.4, -0.2) is 17.2 Å². The molecule has 0 aliphatic rings. The van der Waals surface area contributed by atoms with E-state index in [1.54, 1.807) is 25.1 Å². The van der Waals surface area contributed by atoms with E-state index in [1.807, 2.05) is 48.5 Å². The van der Waals surface area contributed by atoms with Crippen LogP contribution in [-0.2, 0) is 11.3 Å². The lowest BCUT2D eigenvalue weighted by atomic mass is 10.2. The van der Waals surface area contributed by atoms with Crippen LogP contribution in [0.4, 0.5) is 0 Å². The summed E-state index contributed by atoms with van der Waals surface area (Å²) >= 11 is 0. The number of nitrogens with zero attached hydrogens (tertiary/aromatic N) is 1. The highest BCUT2D eigenvalue weighted by molar-refractivity contribution is 5.82. The van der Waals surface area contributed by atoms with E-state index in [0.29, 0.717) is 23.0 Å². The van der Waals surface area contributed by atoms with E-state index < -0.39 is 6.10 Å².